The van der Waals surface area contributed by atoms with Crippen LogP contribution in [0.1, 0.15) is 12.8 Å². The van der Waals surface area contributed by atoms with Crippen LogP contribution >= 0.6 is 0 Å². The minimum Gasteiger partial charge on any atom is -0.480 e. The van der Waals surface area contributed by atoms with Gasteiger partial charge in [-0.15, -0.1) is 0 Å². The fourth-order valence-electron chi connectivity index (χ4n) is 2.00. The van der Waals surface area contributed by atoms with Gasteiger partial charge in [-0.05, 0) is 12.8 Å². The molecular weight excluding hydrogens is 322 g/mol. The average molecular weight is 337 g/mol. The molecule has 1 saturated heterocycles. The molecule has 118 valence electrons. The highest BCUT2D eigenvalue weighted by Crippen LogP contribution is 2.15. The summed E-state index contributed by atoms with van der Waals surface area (Å²) < 4.78 is 50.2. The molecule has 0 saturated carbocycles. The minimum absolute atomic E-state index is 0.0432. The van der Waals surface area contributed by atoms with Gasteiger partial charge >= 0.3 is 5.97 Å². The summed E-state index contributed by atoms with van der Waals surface area (Å²) in [5.74, 6) is -1.22. The van der Waals surface area contributed by atoms with Gasteiger partial charge in [-0.3, -0.25) is 9.48 Å². The lowest BCUT2D eigenvalue weighted by molar-refractivity contribution is -0.137. The molecule has 0 aliphatic carbocycles. The molecule has 1 fully saturated rings. The molecule has 1 aliphatic heterocycles. The van der Waals surface area contributed by atoms with E-state index in [2.05, 4.69) is 9.82 Å². The molecule has 9 nitrogen and oxygen atoms in total. The Hall–Kier alpha value is -1.46. The number of nitrogens with one attached hydrogen (secondary N) is 1. The van der Waals surface area contributed by atoms with E-state index in [-0.39, 0.29) is 29.2 Å². The van der Waals surface area contributed by atoms with Crippen LogP contribution in [0.25, 0.3) is 0 Å². The van der Waals surface area contributed by atoms with Gasteiger partial charge in [0.15, 0.2) is 0 Å². The van der Waals surface area contributed by atoms with Crippen LogP contribution in [-0.4, -0.2) is 55.2 Å². The number of hydrogen-bond acceptors (Lipinski definition) is 6. The van der Waals surface area contributed by atoms with Gasteiger partial charge in [0.25, 0.3) is 0 Å². The molecule has 0 spiro atoms. The van der Waals surface area contributed by atoms with Crippen LogP contribution < -0.4 is 4.72 Å². The maximum absolute atomic E-state index is 12.1. The molecule has 11 heteroatoms. The van der Waals surface area contributed by atoms with Gasteiger partial charge < -0.3 is 5.11 Å². The summed E-state index contributed by atoms with van der Waals surface area (Å²) >= 11 is 0. The smallest absolute Gasteiger partial charge is 0.325 e. The van der Waals surface area contributed by atoms with Crippen molar-refractivity contribution in [2.45, 2.75) is 30.3 Å². The predicted molar refractivity (Wildman–Crippen MR) is 71.9 cm³/mol. The molecule has 0 atom stereocenters. The van der Waals surface area contributed by atoms with Crippen LogP contribution in [0.4, 0.5) is 0 Å². The Morgan fingerprint density at radius 3 is 2.62 bits per heavy atom. The number of aliphatic carboxylic acids is 1. The van der Waals surface area contributed by atoms with E-state index in [1.807, 2.05) is 0 Å². The Bertz CT molecular complexity index is 723. The molecule has 2 heterocycles. The minimum atomic E-state index is -3.83. The summed E-state index contributed by atoms with van der Waals surface area (Å²) in [6.45, 7) is -0.433. The maximum atomic E-state index is 12.1. The summed E-state index contributed by atoms with van der Waals surface area (Å²) in [6, 6.07) is -0.443. The molecule has 1 aromatic rings. The van der Waals surface area contributed by atoms with E-state index in [0.717, 1.165) is 17.1 Å². The molecule has 1 aromatic heterocycles. The number of nitrogens with zero attached hydrogens (tertiary/aromatic N) is 2. The average Bonchev–Trinajstić information content (AvgIpc) is 2.80. The SMILES string of the molecule is O=C(O)Cn1cc(S(=O)(=O)NC2CCS(=O)(=O)CC2)cn1. The Kier molecular flexibility index (Phi) is 4.35. The highest BCUT2D eigenvalue weighted by atomic mass is 32.2. The van der Waals surface area contributed by atoms with Crippen molar-refractivity contribution < 1.29 is 26.7 Å². The normalized spacial score (nSPS) is 19.4. The number of aromatic nitrogens is 2. The zero-order valence-electron chi connectivity index (χ0n) is 11.0. The number of carboxylic acids is 1. The fraction of sp³-hybridized carbons (Fsp3) is 0.600. The Balaban J connectivity index is 2.05. The molecule has 0 radical (unpaired) electrons. The van der Waals surface area contributed by atoms with E-state index in [1.54, 1.807) is 0 Å². The summed E-state index contributed by atoms with van der Waals surface area (Å²) in [4.78, 5) is 10.4. The molecule has 0 amide bonds. The van der Waals surface area contributed by atoms with Crippen molar-refractivity contribution in [3.63, 3.8) is 0 Å². The number of carboxylic acid groups (broad SMARTS) is 1. The first-order valence-corrected chi connectivity index (χ1v) is 9.45. The number of carbonyl (C=O) groups is 1. The van der Waals surface area contributed by atoms with E-state index >= 15 is 0 Å². The highest BCUT2D eigenvalue weighted by Gasteiger charge is 2.28. The highest BCUT2D eigenvalue weighted by molar-refractivity contribution is 7.91. The van der Waals surface area contributed by atoms with E-state index < -0.39 is 38.4 Å². The van der Waals surface area contributed by atoms with Gasteiger partial charge in [0.05, 0.1) is 17.7 Å². The van der Waals surface area contributed by atoms with Gasteiger partial charge in [0, 0.05) is 12.2 Å². The van der Waals surface area contributed by atoms with Gasteiger partial charge in [-0.2, -0.15) is 5.10 Å². The summed E-state index contributed by atoms with van der Waals surface area (Å²) in [7, 11) is -6.90. The second-order valence-electron chi connectivity index (χ2n) is 4.81. The standard InChI is InChI=1S/C10H15N3O6S2/c14-10(15)7-13-6-9(5-11-13)21(18,19)12-8-1-3-20(16,17)4-2-8/h5-6,8,12H,1-4,7H2,(H,14,15). The third kappa shape index (κ3) is 4.25. The first-order chi connectivity index (χ1) is 9.68. The van der Waals surface area contributed by atoms with Gasteiger partial charge in [0.1, 0.15) is 21.3 Å². The second-order valence-corrected chi connectivity index (χ2v) is 8.83. The van der Waals surface area contributed by atoms with Crippen LogP contribution in [0, 0.1) is 0 Å². The number of sulfone groups is 1. The van der Waals surface area contributed by atoms with E-state index in [9.17, 15) is 21.6 Å². The lowest BCUT2D eigenvalue weighted by Crippen LogP contribution is -2.40. The van der Waals surface area contributed by atoms with E-state index in [1.165, 1.54) is 0 Å². The van der Waals surface area contributed by atoms with Gasteiger partial charge in [0.2, 0.25) is 10.0 Å². The second kappa shape index (κ2) is 5.73. The molecule has 0 bridgehead atoms. The zero-order valence-corrected chi connectivity index (χ0v) is 12.6. The Labute approximate surface area is 121 Å². The first kappa shape index (κ1) is 15.9. The van der Waals surface area contributed by atoms with Crippen molar-refractivity contribution in [1.82, 2.24) is 14.5 Å². The summed E-state index contributed by atoms with van der Waals surface area (Å²) in [5, 5.41) is 12.3. The fourth-order valence-corrected chi connectivity index (χ4v) is 4.75. The van der Waals surface area contributed by atoms with Crippen LogP contribution in [0.5, 0.6) is 0 Å². The zero-order chi connectivity index (χ0) is 15.7. The van der Waals surface area contributed by atoms with Gasteiger partial charge in [-0.1, -0.05) is 0 Å². The van der Waals surface area contributed by atoms with Crippen LogP contribution in [-0.2, 0) is 31.2 Å². The Morgan fingerprint density at radius 1 is 1.43 bits per heavy atom. The molecule has 0 aromatic carbocycles. The summed E-state index contributed by atoms with van der Waals surface area (Å²) in [5.41, 5.74) is 0. The first-order valence-electron chi connectivity index (χ1n) is 6.15. The molecular formula is C10H15N3O6S2. The Morgan fingerprint density at radius 2 is 2.05 bits per heavy atom. The molecule has 0 unspecified atom stereocenters. The van der Waals surface area contributed by atoms with Gasteiger partial charge in [-0.25, -0.2) is 21.6 Å². The van der Waals surface area contributed by atoms with Crippen LogP contribution in [0.15, 0.2) is 17.3 Å². The number of sulfonamides is 1. The molecule has 21 heavy (non-hydrogen) atoms. The van der Waals surface area contributed by atoms with Crippen molar-refractivity contribution in [3.05, 3.63) is 12.4 Å². The predicted octanol–water partition coefficient (Wildman–Crippen LogP) is -1.18. The van der Waals surface area contributed by atoms with E-state index in [0.29, 0.717) is 0 Å². The lowest BCUT2D eigenvalue weighted by Gasteiger charge is -2.22. The quantitative estimate of drug-likeness (QED) is 0.690. The molecule has 2 rings (SSSR count). The van der Waals surface area contributed by atoms with Crippen LogP contribution in [0.2, 0.25) is 0 Å². The molecule has 2 N–H and O–H groups in total. The third-order valence-electron chi connectivity index (χ3n) is 3.09. The molecule has 1 aliphatic rings. The topological polar surface area (TPSA) is 135 Å². The largest absolute Gasteiger partial charge is 0.480 e. The monoisotopic (exact) mass is 337 g/mol. The van der Waals surface area contributed by atoms with Crippen molar-refractivity contribution in [2.75, 3.05) is 11.5 Å². The summed E-state index contributed by atoms with van der Waals surface area (Å²) in [6.07, 6.45) is 2.64. The van der Waals surface area contributed by atoms with Crippen molar-refractivity contribution >= 4 is 25.8 Å². The van der Waals surface area contributed by atoms with Crippen molar-refractivity contribution in [1.29, 1.82) is 0 Å². The van der Waals surface area contributed by atoms with Crippen molar-refractivity contribution in [3.8, 4) is 0 Å². The number of rotatable bonds is 5. The van der Waals surface area contributed by atoms with Crippen molar-refractivity contribution in [2.24, 2.45) is 0 Å². The number of hydrogen-bond donors (Lipinski definition) is 2. The third-order valence-corrected chi connectivity index (χ3v) is 6.28. The van der Waals surface area contributed by atoms with Crippen LogP contribution in [0.3, 0.4) is 0 Å². The maximum Gasteiger partial charge on any atom is 0.325 e. The lowest BCUT2D eigenvalue weighted by atomic mass is 10.2. The van der Waals surface area contributed by atoms with E-state index in [4.69, 9.17) is 5.11 Å².